The number of allylic oxidation sites excluding steroid dienone is 4. The molecular formula is C26H25F3N4O2S. The van der Waals surface area contributed by atoms with Gasteiger partial charge in [-0.15, -0.1) is 13.2 Å². The van der Waals surface area contributed by atoms with Crippen LogP contribution >= 0.6 is 12.2 Å². The maximum Gasteiger partial charge on any atom is 0.573 e. The highest BCUT2D eigenvalue weighted by Crippen LogP contribution is 2.36. The molecule has 2 aliphatic rings. The van der Waals surface area contributed by atoms with Crippen LogP contribution in [0.3, 0.4) is 0 Å². The highest BCUT2D eigenvalue weighted by Gasteiger charge is 2.37. The lowest BCUT2D eigenvalue weighted by molar-refractivity contribution is -0.274. The van der Waals surface area contributed by atoms with E-state index in [0.29, 0.717) is 5.69 Å². The fourth-order valence-electron chi connectivity index (χ4n) is 4.15. The number of carbonyl (C=O) groups excluding carboxylic acids is 1. The summed E-state index contributed by atoms with van der Waals surface area (Å²) in [7, 11) is 0. The van der Waals surface area contributed by atoms with Crippen molar-refractivity contribution in [3.05, 3.63) is 83.1 Å². The first kappa shape index (κ1) is 25.4. The molecule has 0 atom stereocenters. The van der Waals surface area contributed by atoms with Crippen molar-refractivity contribution >= 4 is 34.6 Å². The smallest absolute Gasteiger partial charge is 0.406 e. The van der Waals surface area contributed by atoms with Crippen molar-refractivity contribution in [1.82, 2.24) is 10.7 Å². The molecule has 1 aliphatic carbocycles. The first-order valence-corrected chi connectivity index (χ1v) is 11.8. The van der Waals surface area contributed by atoms with Gasteiger partial charge in [-0.25, -0.2) is 0 Å². The molecule has 0 radical (unpaired) electrons. The number of benzene rings is 2. The largest absolute Gasteiger partial charge is 0.573 e. The zero-order valence-electron chi connectivity index (χ0n) is 19.7. The Morgan fingerprint density at radius 3 is 2.69 bits per heavy atom. The molecule has 6 nitrogen and oxygen atoms in total. The Hall–Kier alpha value is -3.66. The average Bonchev–Trinajstić information content (AvgIpc) is 3.07. The van der Waals surface area contributed by atoms with Crippen molar-refractivity contribution < 1.29 is 22.7 Å². The molecule has 188 valence electrons. The summed E-state index contributed by atoms with van der Waals surface area (Å²) < 4.78 is 42.6. The minimum Gasteiger partial charge on any atom is -0.406 e. The Kier molecular flexibility index (Phi) is 7.44. The molecule has 4 rings (SSSR count). The highest BCUT2D eigenvalue weighted by molar-refractivity contribution is 7.80. The summed E-state index contributed by atoms with van der Waals surface area (Å²) >= 11 is 5.29. The van der Waals surface area contributed by atoms with Crippen molar-refractivity contribution in [3.63, 3.8) is 0 Å². The monoisotopic (exact) mass is 514 g/mol. The van der Waals surface area contributed by atoms with Crippen LogP contribution in [0, 0.1) is 0 Å². The fourth-order valence-corrected chi connectivity index (χ4v) is 4.33. The Morgan fingerprint density at radius 2 is 2.00 bits per heavy atom. The number of fused-ring (bicyclic) bond motifs is 1. The Balaban J connectivity index is 1.65. The van der Waals surface area contributed by atoms with Gasteiger partial charge in [-0.3, -0.25) is 10.2 Å². The van der Waals surface area contributed by atoms with Crippen molar-refractivity contribution in [1.29, 1.82) is 0 Å². The van der Waals surface area contributed by atoms with Gasteiger partial charge in [0.05, 0.1) is 12.2 Å². The zero-order valence-corrected chi connectivity index (χ0v) is 20.5. The van der Waals surface area contributed by atoms with Crippen LogP contribution in [0.5, 0.6) is 5.75 Å². The average molecular weight is 515 g/mol. The summed E-state index contributed by atoms with van der Waals surface area (Å²) in [6.45, 7) is 4.35. The lowest BCUT2D eigenvalue weighted by atomic mass is 9.97. The van der Waals surface area contributed by atoms with Gasteiger partial charge in [0, 0.05) is 11.3 Å². The van der Waals surface area contributed by atoms with E-state index in [4.69, 9.17) is 12.2 Å². The van der Waals surface area contributed by atoms with E-state index >= 15 is 0 Å². The normalized spacial score (nSPS) is 16.3. The molecule has 36 heavy (non-hydrogen) atoms. The Bertz CT molecular complexity index is 1270. The summed E-state index contributed by atoms with van der Waals surface area (Å²) in [4.78, 5) is 15.0. The first-order chi connectivity index (χ1) is 17.1. The van der Waals surface area contributed by atoms with Gasteiger partial charge in [-0.2, -0.15) is 5.10 Å². The second-order valence-electron chi connectivity index (χ2n) is 8.66. The molecule has 0 saturated carbocycles. The second kappa shape index (κ2) is 10.5. The number of anilines is 1. The number of ether oxygens (including phenoxy) is 1. The van der Waals surface area contributed by atoms with E-state index in [0.717, 1.165) is 29.7 Å². The van der Waals surface area contributed by atoms with Crippen LogP contribution in [0.1, 0.15) is 49.3 Å². The molecule has 0 spiro atoms. The summed E-state index contributed by atoms with van der Waals surface area (Å²) in [5.41, 5.74) is 6.16. The van der Waals surface area contributed by atoms with Crippen molar-refractivity contribution in [2.24, 2.45) is 5.10 Å². The number of thiocarbonyl (C=S) groups is 1. The molecule has 1 aliphatic heterocycles. The molecule has 0 saturated heterocycles. The number of hydrogen-bond acceptors (Lipinski definition) is 4. The number of alkyl halides is 3. The van der Waals surface area contributed by atoms with Gasteiger partial charge < -0.3 is 15.0 Å². The minimum atomic E-state index is -4.87. The van der Waals surface area contributed by atoms with E-state index in [-0.39, 0.29) is 28.9 Å². The molecule has 0 bridgehead atoms. The molecule has 1 amide bonds. The number of hydrazone groups is 1. The van der Waals surface area contributed by atoms with E-state index in [1.165, 1.54) is 23.1 Å². The van der Waals surface area contributed by atoms with Crippen LogP contribution < -0.4 is 20.4 Å². The topological polar surface area (TPSA) is 66.0 Å². The molecule has 2 aromatic rings. The molecular weight excluding hydrogens is 489 g/mol. The van der Waals surface area contributed by atoms with E-state index in [9.17, 15) is 18.0 Å². The number of carbonyl (C=O) groups is 1. The SMILES string of the molecule is CC(C)c1ccccc1CN1C(=O)/C(=N\NC(=S)NC2=CC=CCC2)c2cc(OC(F)(F)F)ccc21. The summed E-state index contributed by atoms with van der Waals surface area (Å²) in [5.74, 6) is -0.669. The molecule has 2 N–H and O–H groups in total. The molecule has 10 heteroatoms. The van der Waals surface area contributed by atoms with Crippen LogP contribution in [0.25, 0.3) is 0 Å². The summed E-state index contributed by atoms with van der Waals surface area (Å²) in [6, 6.07) is 11.5. The molecule has 0 aromatic heterocycles. The molecule has 0 unspecified atom stereocenters. The minimum absolute atomic E-state index is 0.0543. The first-order valence-electron chi connectivity index (χ1n) is 11.4. The van der Waals surface area contributed by atoms with E-state index in [1.54, 1.807) is 0 Å². The van der Waals surface area contributed by atoms with Gasteiger partial charge in [-0.1, -0.05) is 50.3 Å². The van der Waals surface area contributed by atoms with Crippen LogP contribution in [0.2, 0.25) is 0 Å². The quantitative estimate of drug-likeness (QED) is 0.385. The third-order valence-corrected chi connectivity index (χ3v) is 5.95. The van der Waals surface area contributed by atoms with Crippen molar-refractivity contribution in [2.45, 2.75) is 45.5 Å². The summed E-state index contributed by atoms with van der Waals surface area (Å²) in [5, 5.41) is 7.38. The lowest BCUT2D eigenvalue weighted by Gasteiger charge is -2.20. The van der Waals surface area contributed by atoms with E-state index < -0.39 is 18.0 Å². The number of hydrogen-bond donors (Lipinski definition) is 2. The van der Waals surface area contributed by atoms with Gasteiger partial charge in [0.15, 0.2) is 10.8 Å². The van der Waals surface area contributed by atoms with Crippen molar-refractivity contribution in [2.75, 3.05) is 4.90 Å². The third kappa shape index (κ3) is 5.93. The number of rotatable bonds is 6. The zero-order chi connectivity index (χ0) is 25.9. The maximum atomic E-state index is 13.5. The number of nitrogens with zero attached hydrogens (tertiary/aromatic N) is 2. The van der Waals surface area contributed by atoms with Crippen LogP contribution in [0.15, 0.2) is 71.5 Å². The number of amides is 1. The maximum absolute atomic E-state index is 13.5. The van der Waals surface area contributed by atoms with E-state index in [1.807, 2.05) is 42.5 Å². The number of nitrogens with one attached hydrogen (secondary N) is 2. The highest BCUT2D eigenvalue weighted by atomic mass is 32.1. The predicted molar refractivity (Wildman–Crippen MR) is 137 cm³/mol. The van der Waals surface area contributed by atoms with E-state index in [2.05, 4.69) is 34.4 Å². The molecule has 2 aromatic carbocycles. The Labute approximate surface area is 212 Å². The van der Waals surface area contributed by atoms with Gasteiger partial charge in [-0.05, 0) is 66.4 Å². The summed E-state index contributed by atoms with van der Waals surface area (Å²) in [6.07, 6.45) is 2.61. The van der Waals surface area contributed by atoms with Crippen molar-refractivity contribution in [3.8, 4) is 5.75 Å². The standard InChI is InChI=1S/C26H25F3N4O2S/c1-16(2)20-11-7-6-8-17(20)15-33-22-13-12-19(35-26(27,28)29)14-21(22)23(24(33)34)31-32-25(36)30-18-9-4-3-5-10-18/h3-4,6-9,11-14,16H,5,10,15H2,1-2H3,(H2,30,32,36)/b31-23-. The predicted octanol–water partition coefficient (Wildman–Crippen LogP) is 5.66. The van der Waals surface area contributed by atoms with Gasteiger partial charge in [0.25, 0.3) is 5.91 Å². The van der Waals surface area contributed by atoms with Crippen LogP contribution in [-0.4, -0.2) is 23.1 Å². The third-order valence-electron chi connectivity index (χ3n) is 5.76. The molecule has 1 heterocycles. The second-order valence-corrected chi connectivity index (χ2v) is 9.06. The number of halogens is 3. The van der Waals surface area contributed by atoms with Crippen LogP contribution in [0.4, 0.5) is 18.9 Å². The Morgan fingerprint density at radius 1 is 1.22 bits per heavy atom. The van der Waals surface area contributed by atoms with Crippen LogP contribution in [-0.2, 0) is 11.3 Å². The lowest BCUT2D eigenvalue weighted by Crippen LogP contribution is -2.35. The molecule has 0 fully saturated rings. The fraction of sp³-hybridized carbons (Fsp3) is 0.269. The van der Waals surface area contributed by atoms with Gasteiger partial charge in [0.2, 0.25) is 0 Å². The van der Waals surface area contributed by atoms with Gasteiger partial charge in [0.1, 0.15) is 5.75 Å². The van der Waals surface area contributed by atoms with Gasteiger partial charge >= 0.3 is 6.36 Å².